The molecular weight excluding hydrogens is 474 g/mol. The minimum Gasteiger partial charge on any atom is -0.477 e. The van der Waals surface area contributed by atoms with Gasteiger partial charge >= 0.3 is 11.7 Å². The van der Waals surface area contributed by atoms with E-state index in [1.54, 1.807) is 30.2 Å². The number of carboxylic acids is 1. The van der Waals surface area contributed by atoms with Gasteiger partial charge in [-0.05, 0) is 46.0 Å². The predicted molar refractivity (Wildman–Crippen MR) is 134 cm³/mol. The molecule has 5 aromatic rings. The van der Waals surface area contributed by atoms with E-state index in [-0.39, 0.29) is 23.6 Å². The second-order valence-corrected chi connectivity index (χ2v) is 8.63. The molecule has 0 amide bonds. The van der Waals surface area contributed by atoms with Gasteiger partial charge in [-0.15, -0.1) is 5.10 Å². The van der Waals surface area contributed by atoms with E-state index in [1.807, 2.05) is 30.3 Å². The van der Waals surface area contributed by atoms with E-state index in [0.717, 1.165) is 40.8 Å². The zero-order valence-electron chi connectivity index (χ0n) is 20.4. The number of hydrogen-bond acceptors (Lipinski definition) is 7. The average molecular weight is 500 g/mol. The third-order valence-electron chi connectivity index (χ3n) is 6.26. The molecule has 12 heteroatoms. The highest BCUT2D eigenvalue weighted by Gasteiger charge is 2.22. The maximum Gasteiger partial charge on any atom is 0.341 e. The number of aromatic amines is 1. The van der Waals surface area contributed by atoms with E-state index in [4.69, 9.17) is 0 Å². The number of carboxylic acid groups (broad SMARTS) is 1. The fraction of sp³-hybridized carbons (Fsp3) is 0.240. The molecule has 0 saturated heterocycles. The number of tetrazole rings is 1. The Bertz CT molecular complexity index is 1600. The van der Waals surface area contributed by atoms with Crippen molar-refractivity contribution in [1.82, 2.24) is 44.5 Å². The smallest absolute Gasteiger partial charge is 0.341 e. The number of carbonyl (C=O) groups is 1. The number of aromatic carboxylic acids is 1. The lowest BCUT2D eigenvalue weighted by atomic mass is 10.00. The standard InChI is InChI=1S/C25H25N9O3/c1-3-4-5-19-15-34(23-21(24(35)36)13-27-32(23)2)25(37)33(19)14-18-12-26-11-10-20(18)16-6-8-17(9-7-16)22-28-30-31-29-22/h6-13,15H,3-5,14H2,1-2H3,(H,35,36)(H,28,29,30,31). The van der Waals surface area contributed by atoms with Crippen molar-refractivity contribution in [2.75, 3.05) is 0 Å². The zero-order chi connectivity index (χ0) is 25.9. The molecule has 0 bridgehead atoms. The summed E-state index contributed by atoms with van der Waals surface area (Å²) in [6.45, 7) is 2.36. The van der Waals surface area contributed by atoms with Gasteiger partial charge in [0.2, 0.25) is 0 Å². The van der Waals surface area contributed by atoms with Gasteiger partial charge in [0.25, 0.3) is 0 Å². The summed E-state index contributed by atoms with van der Waals surface area (Å²) in [5.41, 5.74) is 4.05. The Morgan fingerprint density at radius 1 is 1.11 bits per heavy atom. The van der Waals surface area contributed by atoms with E-state index < -0.39 is 5.97 Å². The van der Waals surface area contributed by atoms with Crippen LogP contribution in [-0.2, 0) is 20.0 Å². The molecule has 0 aliphatic carbocycles. The number of hydrogen-bond donors (Lipinski definition) is 2. The van der Waals surface area contributed by atoms with Gasteiger partial charge in [0.1, 0.15) is 5.56 Å². The first-order valence-electron chi connectivity index (χ1n) is 11.8. The lowest BCUT2D eigenvalue weighted by molar-refractivity contribution is 0.0696. The number of nitrogens with one attached hydrogen (secondary N) is 1. The molecule has 0 radical (unpaired) electrons. The van der Waals surface area contributed by atoms with Crippen LogP contribution in [0.1, 0.15) is 41.4 Å². The van der Waals surface area contributed by atoms with Gasteiger partial charge in [0, 0.05) is 36.9 Å². The Labute approximate surface area is 211 Å². The van der Waals surface area contributed by atoms with Gasteiger partial charge in [-0.25, -0.2) is 14.7 Å². The van der Waals surface area contributed by atoms with Crippen LogP contribution in [0.3, 0.4) is 0 Å². The topological polar surface area (TPSA) is 149 Å². The molecule has 0 fully saturated rings. The van der Waals surface area contributed by atoms with Gasteiger partial charge < -0.3 is 5.11 Å². The number of aromatic nitrogens is 9. The monoisotopic (exact) mass is 499 g/mol. The van der Waals surface area contributed by atoms with Crippen LogP contribution in [0.5, 0.6) is 0 Å². The predicted octanol–water partition coefficient (Wildman–Crippen LogP) is 2.70. The molecule has 188 valence electrons. The molecule has 1 aromatic carbocycles. The zero-order valence-corrected chi connectivity index (χ0v) is 20.4. The average Bonchev–Trinajstić information content (AvgIpc) is 3.64. The van der Waals surface area contributed by atoms with Crippen molar-refractivity contribution in [3.8, 4) is 28.3 Å². The highest BCUT2D eigenvalue weighted by molar-refractivity contribution is 5.91. The molecule has 0 unspecified atom stereocenters. The number of H-pyrrole nitrogens is 1. The lowest BCUT2D eigenvalue weighted by Crippen LogP contribution is -2.27. The number of unbranched alkanes of at least 4 members (excludes halogenated alkanes) is 1. The van der Waals surface area contributed by atoms with Crippen LogP contribution >= 0.6 is 0 Å². The number of rotatable bonds is 9. The highest BCUT2D eigenvalue weighted by Crippen LogP contribution is 2.26. The van der Waals surface area contributed by atoms with Crippen LogP contribution in [0.4, 0.5) is 0 Å². The maximum absolute atomic E-state index is 13.7. The van der Waals surface area contributed by atoms with Gasteiger partial charge in [-0.3, -0.25) is 18.8 Å². The Balaban J connectivity index is 1.56. The van der Waals surface area contributed by atoms with Gasteiger partial charge in [0.15, 0.2) is 11.6 Å². The van der Waals surface area contributed by atoms with Crippen molar-refractivity contribution < 1.29 is 9.90 Å². The summed E-state index contributed by atoms with van der Waals surface area (Å²) >= 11 is 0. The largest absolute Gasteiger partial charge is 0.477 e. The number of imidazole rings is 1. The SMILES string of the molecule is CCCCc1cn(-c2c(C(=O)O)cnn2C)c(=O)n1Cc1cnccc1-c1ccc(-c2nnn[nH]2)cc1. The van der Waals surface area contributed by atoms with Crippen molar-refractivity contribution in [2.45, 2.75) is 32.7 Å². The fourth-order valence-electron chi connectivity index (χ4n) is 4.37. The van der Waals surface area contributed by atoms with Gasteiger partial charge in [-0.2, -0.15) is 5.10 Å². The van der Waals surface area contributed by atoms with Crippen LogP contribution in [0, 0.1) is 0 Å². The molecule has 0 aliphatic rings. The molecule has 4 heterocycles. The summed E-state index contributed by atoms with van der Waals surface area (Å²) in [4.78, 5) is 29.7. The summed E-state index contributed by atoms with van der Waals surface area (Å²) in [6.07, 6.45) is 8.96. The van der Waals surface area contributed by atoms with Gasteiger partial charge in [-0.1, -0.05) is 37.6 Å². The maximum atomic E-state index is 13.7. The van der Waals surface area contributed by atoms with Crippen LogP contribution < -0.4 is 5.69 Å². The molecule has 37 heavy (non-hydrogen) atoms. The Kier molecular flexibility index (Phi) is 6.45. The summed E-state index contributed by atoms with van der Waals surface area (Å²) in [6, 6.07) is 9.70. The third-order valence-corrected chi connectivity index (χ3v) is 6.26. The van der Waals surface area contributed by atoms with Gasteiger partial charge in [0.05, 0.1) is 12.7 Å². The normalized spacial score (nSPS) is 11.2. The third kappa shape index (κ3) is 4.56. The van der Waals surface area contributed by atoms with E-state index in [0.29, 0.717) is 12.2 Å². The summed E-state index contributed by atoms with van der Waals surface area (Å²) < 4.78 is 4.46. The quantitative estimate of drug-likeness (QED) is 0.314. The number of pyridine rings is 1. The number of aryl methyl sites for hydroxylation is 2. The Morgan fingerprint density at radius 3 is 2.59 bits per heavy atom. The second-order valence-electron chi connectivity index (χ2n) is 8.63. The molecule has 0 atom stereocenters. The molecule has 4 aromatic heterocycles. The second kappa shape index (κ2) is 10.0. The first-order chi connectivity index (χ1) is 18.0. The minimum absolute atomic E-state index is 0.0343. The van der Waals surface area contributed by atoms with Crippen LogP contribution in [0.15, 0.2) is 59.9 Å². The van der Waals surface area contributed by atoms with E-state index in [9.17, 15) is 14.7 Å². The van der Waals surface area contributed by atoms with Crippen LogP contribution in [0.25, 0.3) is 28.3 Å². The van der Waals surface area contributed by atoms with Crippen molar-refractivity contribution in [3.63, 3.8) is 0 Å². The summed E-state index contributed by atoms with van der Waals surface area (Å²) in [5, 5.41) is 27.6. The minimum atomic E-state index is -1.14. The first-order valence-corrected chi connectivity index (χ1v) is 11.8. The molecule has 0 saturated carbocycles. The van der Waals surface area contributed by atoms with Crippen molar-refractivity contribution in [1.29, 1.82) is 0 Å². The summed E-state index contributed by atoms with van der Waals surface area (Å²) in [7, 11) is 1.62. The fourth-order valence-corrected chi connectivity index (χ4v) is 4.37. The lowest BCUT2D eigenvalue weighted by Gasteiger charge is -2.12. The van der Waals surface area contributed by atoms with Crippen molar-refractivity contribution in [3.05, 3.63) is 82.4 Å². The number of nitrogens with zero attached hydrogens (tertiary/aromatic N) is 8. The van der Waals surface area contributed by atoms with Crippen molar-refractivity contribution in [2.24, 2.45) is 7.05 Å². The molecule has 0 aliphatic heterocycles. The van der Waals surface area contributed by atoms with Crippen LogP contribution in [-0.4, -0.2) is 55.6 Å². The van der Waals surface area contributed by atoms with E-state index >= 15 is 0 Å². The first kappa shape index (κ1) is 23.9. The Morgan fingerprint density at radius 2 is 1.89 bits per heavy atom. The molecule has 2 N–H and O–H groups in total. The molecular formula is C25H25N9O3. The highest BCUT2D eigenvalue weighted by atomic mass is 16.4. The van der Waals surface area contributed by atoms with Crippen LogP contribution in [0.2, 0.25) is 0 Å². The molecule has 12 nitrogen and oxygen atoms in total. The molecule has 0 spiro atoms. The summed E-state index contributed by atoms with van der Waals surface area (Å²) in [5.74, 6) is -0.347. The molecule has 5 rings (SSSR count). The van der Waals surface area contributed by atoms with E-state index in [1.165, 1.54) is 15.4 Å². The van der Waals surface area contributed by atoms with E-state index in [2.05, 4.69) is 37.6 Å². The number of benzene rings is 1. The van der Waals surface area contributed by atoms with Crippen molar-refractivity contribution >= 4 is 5.97 Å². The Hall–Kier alpha value is -4.87.